The minimum Gasteiger partial charge on any atom is -0.459 e. The summed E-state index contributed by atoms with van der Waals surface area (Å²) in [5.74, 6) is -1.85. The molecule has 0 aromatic heterocycles. The van der Waals surface area contributed by atoms with Crippen LogP contribution in [0.3, 0.4) is 0 Å². The molecular formula is C17H9N3O10. The molecule has 1 heterocycles. The Kier molecular flexibility index (Phi) is 4.24. The average molecular weight is 415 g/mol. The number of nitrogens with zero attached hydrogens (tertiary/aromatic N) is 3. The largest absolute Gasteiger partial charge is 0.459 e. The number of carbonyl (C=O) groups excluding carboxylic acids is 2. The molecule has 2 aromatic carbocycles. The molecule has 0 bridgehead atoms. The summed E-state index contributed by atoms with van der Waals surface area (Å²) in [6.07, 6.45) is -0.257. The molecule has 13 heteroatoms. The van der Waals surface area contributed by atoms with E-state index >= 15 is 0 Å². The fourth-order valence-electron chi connectivity index (χ4n) is 3.19. The van der Waals surface area contributed by atoms with Gasteiger partial charge in [-0.3, -0.25) is 35.1 Å². The van der Waals surface area contributed by atoms with Gasteiger partial charge < -0.3 is 9.47 Å². The van der Waals surface area contributed by atoms with Crippen LogP contribution in [0.25, 0.3) is 11.1 Å². The van der Waals surface area contributed by atoms with E-state index < -0.39 is 54.7 Å². The number of epoxide rings is 1. The fraction of sp³-hybridized carbons (Fsp3) is 0.176. The highest BCUT2D eigenvalue weighted by Crippen LogP contribution is 2.48. The molecule has 1 unspecified atom stereocenters. The third-order valence-corrected chi connectivity index (χ3v) is 4.60. The van der Waals surface area contributed by atoms with Gasteiger partial charge in [0.15, 0.2) is 5.78 Å². The van der Waals surface area contributed by atoms with Gasteiger partial charge in [-0.05, 0) is 6.07 Å². The number of fused-ring (bicyclic) bond motifs is 3. The lowest BCUT2D eigenvalue weighted by Crippen LogP contribution is -2.11. The first-order valence-electron chi connectivity index (χ1n) is 8.32. The zero-order chi connectivity index (χ0) is 21.7. The molecule has 0 N–H and O–H groups in total. The van der Waals surface area contributed by atoms with E-state index in [0.29, 0.717) is 12.7 Å². The number of benzene rings is 2. The molecule has 4 rings (SSSR count). The summed E-state index contributed by atoms with van der Waals surface area (Å²) >= 11 is 0. The second kappa shape index (κ2) is 6.66. The molecule has 13 nitrogen and oxygen atoms in total. The van der Waals surface area contributed by atoms with Crippen molar-refractivity contribution in [3.8, 4) is 11.1 Å². The monoisotopic (exact) mass is 415 g/mol. The number of nitro groups is 3. The summed E-state index contributed by atoms with van der Waals surface area (Å²) in [4.78, 5) is 56.5. The first-order valence-corrected chi connectivity index (χ1v) is 8.32. The van der Waals surface area contributed by atoms with Crippen LogP contribution < -0.4 is 0 Å². The fourth-order valence-corrected chi connectivity index (χ4v) is 3.19. The first kappa shape index (κ1) is 19.1. The number of rotatable bonds is 6. The van der Waals surface area contributed by atoms with Crippen LogP contribution in [0.2, 0.25) is 0 Å². The van der Waals surface area contributed by atoms with Gasteiger partial charge in [0.1, 0.15) is 12.7 Å². The van der Waals surface area contributed by atoms with Gasteiger partial charge in [0, 0.05) is 23.3 Å². The third-order valence-electron chi connectivity index (χ3n) is 4.60. The van der Waals surface area contributed by atoms with Crippen LogP contribution >= 0.6 is 0 Å². The summed E-state index contributed by atoms with van der Waals surface area (Å²) in [6, 6.07) is 3.32. The third kappa shape index (κ3) is 3.02. The number of ether oxygens (including phenoxy) is 2. The highest BCUT2D eigenvalue weighted by Gasteiger charge is 2.41. The standard InChI is InChI=1S/C17H9N3O10/c21-16-10-1-7(17(22)30-6-9-5-29-9)2-12(19(25)26)14(10)15-11(16)3-8(18(23)24)4-13(15)20(27)28/h1-4,9H,5-6H2. The van der Waals surface area contributed by atoms with E-state index in [0.717, 1.165) is 18.2 Å². The Hall–Kier alpha value is -4.26. The molecule has 2 aliphatic rings. The summed E-state index contributed by atoms with van der Waals surface area (Å²) < 4.78 is 9.87. The second-order valence-electron chi connectivity index (χ2n) is 6.46. The van der Waals surface area contributed by atoms with Gasteiger partial charge in [0.05, 0.1) is 44.1 Å². The summed E-state index contributed by atoms with van der Waals surface area (Å²) in [7, 11) is 0. The molecule has 0 saturated carbocycles. The number of carbonyl (C=O) groups is 2. The topological polar surface area (TPSA) is 185 Å². The van der Waals surface area contributed by atoms with E-state index in [9.17, 15) is 39.9 Å². The molecule has 0 spiro atoms. The Morgan fingerprint density at radius 3 is 2.07 bits per heavy atom. The molecule has 0 radical (unpaired) electrons. The molecule has 152 valence electrons. The molecule has 1 fully saturated rings. The van der Waals surface area contributed by atoms with Gasteiger partial charge in [-0.15, -0.1) is 0 Å². The Labute approximate surface area is 165 Å². The van der Waals surface area contributed by atoms with Crippen LogP contribution in [0.5, 0.6) is 0 Å². The zero-order valence-corrected chi connectivity index (χ0v) is 14.7. The maximum atomic E-state index is 12.8. The Bertz CT molecular complexity index is 1180. The van der Waals surface area contributed by atoms with E-state index in [-0.39, 0.29) is 29.4 Å². The molecule has 0 amide bonds. The van der Waals surface area contributed by atoms with Crippen molar-refractivity contribution in [1.82, 2.24) is 0 Å². The number of ketones is 1. The number of non-ortho nitro benzene ring substituents is 1. The van der Waals surface area contributed by atoms with Gasteiger partial charge in [0.25, 0.3) is 17.1 Å². The van der Waals surface area contributed by atoms with E-state index in [1.54, 1.807) is 0 Å². The van der Waals surface area contributed by atoms with Gasteiger partial charge in [-0.1, -0.05) is 0 Å². The van der Waals surface area contributed by atoms with Gasteiger partial charge in [-0.2, -0.15) is 0 Å². The molecule has 1 aliphatic heterocycles. The van der Waals surface area contributed by atoms with E-state index in [1.807, 2.05) is 0 Å². The Morgan fingerprint density at radius 2 is 1.53 bits per heavy atom. The van der Waals surface area contributed by atoms with Gasteiger partial charge >= 0.3 is 5.97 Å². The second-order valence-corrected chi connectivity index (χ2v) is 6.46. The molecule has 1 aliphatic carbocycles. The van der Waals surface area contributed by atoms with Gasteiger partial charge in [-0.25, -0.2) is 4.79 Å². The van der Waals surface area contributed by atoms with Crippen molar-refractivity contribution in [2.24, 2.45) is 0 Å². The molecule has 1 saturated heterocycles. The van der Waals surface area contributed by atoms with Gasteiger partial charge in [0.2, 0.25) is 0 Å². The predicted molar refractivity (Wildman–Crippen MR) is 95.3 cm³/mol. The lowest BCUT2D eigenvalue weighted by atomic mass is 9.99. The lowest BCUT2D eigenvalue weighted by Gasteiger charge is -2.07. The normalized spacial score (nSPS) is 15.9. The SMILES string of the molecule is O=C(OCC1CO1)c1cc2c(c([N+](=O)[O-])c1)-c1c(cc([N+](=O)[O-])cc1[N+](=O)[O-])C2=O. The number of esters is 1. The quantitative estimate of drug-likeness (QED) is 0.250. The summed E-state index contributed by atoms with van der Waals surface area (Å²) in [5, 5.41) is 34.2. The Balaban J connectivity index is 1.92. The van der Waals surface area contributed by atoms with Crippen molar-refractivity contribution < 1.29 is 33.8 Å². The van der Waals surface area contributed by atoms with E-state index in [4.69, 9.17) is 9.47 Å². The number of hydrogen-bond donors (Lipinski definition) is 0. The van der Waals surface area contributed by atoms with Crippen LogP contribution in [-0.4, -0.2) is 45.8 Å². The zero-order valence-electron chi connectivity index (χ0n) is 14.7. The highest BCUT2D eigenvalue weighted by atomic mass is 16.6. The minimum absolute atomic E-state index is 0.0739. The summed E-state index contributed by atoms with van der Waals surface area (Å²) in [6.45, 7) is 0.337. The van der Waals surface area contributed by atoms with E-state index in [2.05, 4.69) is 0 Å². The van der Waals surface area contributed by atoms with Crippen molar-refractivity contribution in [2.75, 3.05) is 13.2 Å². The summed E-state index contributed by atoms with van der Waals surface area (Å²) in [5.41, 5.74) is -4.12. The average Bonchev–Trinajstić information content (AvgIpc) is 3.49. The molecular weight excluding hydrogens is 406 g/mol. The maximum absolute atomic E-state index is 12.8. The van der Waals surface area contributed by atoms with Crippen molar-refractivity contribution in [2.45, 2.75) is 6.10 Å². The molecule has 30 heavy (non-hydrogen) atoms. The van der Waals surface area contributed by atoms with Crippen LogP contribution in [-0.2, 0) is 9.47 Å². The van der Waals surface area contributed by atoms with E-state index in [1.165, 1.54) is 0 Å². The first-order chi connectivity index (χ1) is 14.2. The van der Waals surface area contributed by atoms with Crippen molar-refractivity contribution in [3.05, 3.63) is 71.3 Å². The number of hydrogen-bond acceptors (Lipinski definition) is 10. The molecule has 1 atom stereocenters. The predicted octanol–water partition coefficient (Wildman–Crippen LogP) is 2.18. The van der Waals surface area contributed by atoms with Crippen LogP contribution in [0.15, 0.2) is 24.3 Å². The lowest BCUT2D eigenvalue weighted by molar-refractivity contribution is -0.394. The highest BCUT2D eigenvalue weighted by molar-refractivity contribution is 6.25. The van der Waals surface area contributed by atoms with Crippen LogP contribution in [0.4, 0.5) is 17.1 Å². The van der Waals surface area contributed by atoms with Crippen molar-refractivity contribution in [3.63, 3.8) is 0 Å². The van der Waals surface area contributed by atoms with Crippen molar-refractivity contribution >= 4 is 28.8 Å². The Morgan fingerprint density at radius 1 is 0.967 bits per heavy atom. The molecule has 2 aromatic rings. The number of nitro benzene ring substituents is 3. The minimum atomic E-state index is -0.963. The van der Waals surface area contributed by atoms with Crippen molar-refractivity contribution in [1.29, 1.82) is 0 Å². The van der Waals surface area contributed by atoms with Crippen LogP contribution in [0, 0.1) is 30.3 Å². The maximum Gasteiger partial charge on any atom is 0.338 e. The smallest absolute Gasteiger partial charge is 0.338 e. The van der Waals surface area contributed by atoms with Crippen LogP contribution in [0.1, 0.15) is 26.3 Å².